The summed E-state index contributed by atoms with van der Waals surface area (Å²) in [5, 5.41) is 4.36. The first kappa shape index (κ1) is 17.5. The molecule has 0 saturated carbocycles. The van der Waals surface area contributed by atoms with Gasteiger partial charge in [-0.1, -0.05) is 0 Å². The minimum absolute atomic E-state index is 0.0741. The highest BCUT2D eigenvalue weighted by Gasteiger charge is 2.30. The molecule has 1 aliphatic heterocycles. The smallest absolute Gasteiger partial charge is 0.255 e. The van der Waals surface area contributed by atoms with Gasteiger partial charge in [0.05, 0.1) is 24.3 Å². The Balaban J connectivity index is 1.70. The number of rotatable bonds is 6. The quantitative estimate of drug-likeness (QED) is 0.811. The molecule has 1 amide bonds. The van der Waals surface area contributed by atoms with Crippen LogP contribution in [0.4, 0.5) is 5.82 Å². The monoisotopic (exact) mass is 341 g/mol. The number of nitrogens with zero attached hydrogens (tertiary/aromatic N) is 5. The molecule has 0 aliphatic carbocycles. The first-order valence-corrected chi connectivity index (χ1v) is 9.13. The largest absolute Gasteiger partial charge is 0.357 e. The summed E-state index contributed by atoms with van der Waals surface area (Å²) in [7, 11) is 0. The molecule has 3 rings (SSSR count). The molecule has 6 nitrogen and oxygen atoms in total. The van der Waals surface area contributed by atoms with Gasteiger partial charge < -0.3 is 9.80 Å². The van der Waals surface area contributed by atoms with Crippen LogP contribution in [0.25, 0.3) is 0 Å². The van der Waals surface area contributed by atoms with Crippen LogP contribution in [-0.2, 0) is 6.54 Å². The fraction of sp³-hybridized carbons (Fsp3) is 0.526. The van der Waals surface area contributed by atoms with Crippen molar-refractivity contribution in [1.82, 2.24) is 19.7 Å². The zero-order valence-corrected chi connectivity index (χ0v) is 15.4. The molecule has 0 bridgehead atoms. The normalized spacial score (nSPS) is 17.1. The van der Waals surface area contributed by atoms with Gasteiger partial charge in [-0.3, -0.25) is 9.48 Å². The summed E-state index contributed by atoms with van der Waals surface area (Å²) in [5.41, 5.74) is 1.81. The number of carbonyl (C=O) groups is 1. The van der Waals surface area contributed by atoms with Crippen LogP contribution in [-0.4, -0.2) is 51.2 Å². The fourth-order valence-electron chi connectivity index (χ4n) is 3.49. The minimum atomic E-state index is 0.0741. The third-order valence-electron chi connectivity index (χ3n) is 4.88. The van der Waals surface area contributed by atoms with Gasteiger partial charge in [0, 0.05) is 32.0 Å². The number of aryl methyl sites for hydroxylation is 1. The Hall–Kier alpha value is -2.37. The van der Waals surface area contributed by atoms with Gasteiger partial charge in [-0.2, -0.15) is 5.10 Å². The van der Waals surface area contributed by atoms with Gasteiger partial charge in [0.25, 0.3) is 5.91 Å². The lowest BCUT2D eigenvalue weighted by atomic mass is 10.2. The van der Waals surface area contributed by atoms with E-state index in [-0.39, 0.29) is 11.9 Å². The summed E-state index contributed by atoms with van der Waals surface area (Å²) < 4.78 is 1.94. The molecule has 1 fully saturated rings. The lowest BCUT2D eigenvalue weighted by molar-refractivity contribution is 0.0721. The third-order valence-corrected chi connectivity index (χ3v) is 4.88. The molecular formula is C19H27N5O. The first-order valence-electron chi connectivity index (χ1n) is 9.13. The van der Waals surface area contributed by atoms with E-state index in [1.807, 2.05) is 41.0 Å². The number of amides is 1. The Morgan fingerprint density at radius 3 is 2.68 bits per heavy atom. The summed E-state index contributed by atoms with van der Waals surface area (Å²) in [4.78, 5) is 21.6. The lowest BCUT2D eigenvalue weighted by Crippen LogP contribution is -2.38. The molecule has 6 heteroatoms. The maximum atomic E-state index is 12.9. The van der Waals surface area contributed by atoms with E-state index in [1.54, 1.807) is 6.20 Å². The van der Waals surface area contributed by atoms with Crippen molar-refractivity contribution in [2.45, 2.75) is 46.2 Å². The van der Waals surface area contributed by atoms with Crippen molar-refractivity contribution in [3.63, 3.8) is 0 Å². The van der Waals surface area contributed by atoms with Crippen molar-refractivity contribution in [3.8, 4) is 0 Å². The van der Waals surface area contributed by atoms with E-state index >= 15 is 0 Å². The Kier molecular flexibility index (Phi) is 5.36. The summed E-state index contributed by atoms with van der Waals surface area (Å²) in [6.07, 6.45) is 7.67. The molecule has 0 radical (unpaired) electrons. The molecule has 3 heterocycles. The van der Waals surface area contributed by atoms with Gasteiger partial charge in [-0.25, -0.2) is 4.98 Å². The lowest BCUT2D eigenvalue weighted by Gasteiger charge is -2.25. The van der Waals surface area contributed by atoms with Gasteiger partial charge >= 0.3 is 0 Å². The highest BCUT2D eigenvalue weighted by molar-refractivity contribution is 5.94. The van der Waals surface area contributed by atoms with Gasteiger partial charge in [0.2, 0.25) is 0 Å². The number of likely N-dealkylation sites (tertiary alicyclic amines) is 1. The van der Waals surface area contributed by atoms with Crippen LogP contribution in [0.1, 0.15) is 42.6 Å². The van der Waals surface area contributed by atoms with Gasteiger partial charge in [-0.15, -0.1) is 0 Å². The topological polar surface area (TPSA) is 54.3 Å². The van der Waals surface area contributed by atoms with Crippen molar-refractivity contribution < 1.29 is 4.79 Å². The summed E-state index contributed by atoms with van der Waals surface area (Å²) in [5.74, 6) is 0.997. The Morgan fingerprint density at radius 1 is 1.28 bits per heavy atom. The van der Waals surface area contributed by atoms with Crippen LogP contribution in [0.3, 0.4) is 0 Å². The molecule has 2 aromatic heterocycles. The van der Waals surface area contributed by atoms with Gasteiger partial charge in [0.15, 0.2) is 0 Å². The molecule has 0 spiro atoms. The van der Waals surface area contributed by atoms with E-state index in [1.165, 1.54) is 0 Å². The van der Waals surface area contributed by atoms with E-state index < -0.39 is 0 Å². The number of carbonyl (C=O) groups excluding carboxylic acids is 1. The zero-order chi connectivity index (χ0) is 17.8. The van der Waals surface area contributed by atoms with Crippen molar-refractivity contribution in [2.24, 2.45) is 0 Å². The molecule has 0 aromatic carbocycles. The second kappa shape index (κ2) is 7.68. The number of hydrogen-bond donors (Lipinski definition) is 0. The Labute approximate surface area is 149 Å². The summed E-state index contributed by atoms with van der Waals surface area (Å²) in [6, 6.07) is 4.05. The van der Waals surface area contributed by atoms with E-state index in [9.17, 15) is 4.79 Å². The summed E-state index contributed by atoms with van der Waals surface area (Å²) >= 11 is 0. The minimum Gasteiger partial charge on any atom is -0.357 e. The standard InChI is InChI=1S/C19H27N5O/c1-4-22(5-2)18-9-8-16(12-20-18)19(25)24-10-6-7-17(24)14-23-13-15(3)11-21-23/h8-9,11-13,17H,4-7,10,14H2,1-3H3. The number of aromatic nitrogens is 3. The van der Waals surface area contributed by atoms with Crippen LogP contribution in [0.5, 0.6) is 0 Å². The molecular weight excluding hydrogens is 314 g/mol. The molecule has 1 atom stereocenters. The van der Waals surface area contributed by atoms with Crippen LogP contribution < -0.4 is 4.90 Å². The average Bonchev–Trinajstić information content (AvgIpc) is 3.25. The predicted octanol–water partition coefficient (Wildman–Crippen LogP) is 2.74. The molecule has 134 valence electrons. The molecule has 25 heavy (non-hydrogen) atoms. The molecule has 0 N–H and O–H groups in total. The van der Waals surface area contributed by atoms with E-state index in [2.05, 4.69) is 28.8 Å². The van der Waals surface area contributed by atoms with E-state index in [0.717, 1.165) is 50.4 Å². The van der Waals surface area contributed by atoms with Crippen molar-refractivity contribution in [2.75, 3.05) is 24.5 Å². The van der Waals surface area contributed by atoms with Gasteiger partial charge in [-0.05, 0) is 51.3 Å². The maximum absolute atomic E-state index is 12.9. The van der Waals surface area contributed by atoms with Crippen LogP contribution in [0, 0.1) is 6.92 Å². The second-order valence-corrected chi connectivity index (χ2v) is 6.61. The van der Waals surface area contributed by atoms with E-state index in [4.69, 9.17) is 0 Å². The molecule has 1 aliphatic rings. The maximum Gasteiger partial charge on any atom is 0.255 e. The van der Waals surface area contributed by atoms with E-state index in [0.29, 0.717) is 5.56 Å². The van der Waals surface area contributed by atoms with Crippen molar-refractivity contribution >= 4 is 11.7 Å². The fourth-order valence-corrected chi connectivity index (χ4v) is 3.49. The third kappa shape index (κ3) is 3.83. The molecule has 2 aromatic rings. The zero-order valence-electron chi connectivity index (χ0n) is 15.4. The van der Waals surface area contributed by atoms with Crippen LogP contribution in [0.2, 0.25) is 0 Å². The van der Waals surface area contributed by atoms with Crippen LogP contribution >= 0.6 is 0 Å². The highest BCUT2D eigenvalue weighted by Crippen LogP contribution is 2.22. The average molecular weight is 341 g/mol. The predicted molar refractivity (Wildman–Crippen MR) is 98.8 cm³/mol. The Bertz CT molecular complexity index is 705. The van der Waals surface area contributed by atoms with Crippen molar-refractivity contribution in [1.29, 1.82) is 0 Å². The second-order valence-electron chi connectivity index (χ2n) is 6.61. The molecule has 1 saturated heterocycles. The number of anilines is 1. The number of pyridine rings is 1. The SMILES string of the molecule is CCN(CC)c1ccc(C(=O)N2CCCC2Cn2cc(C)cn2)cn1. The highest BCUT2D eigenvalue weighted by atomic mass is 16.2. The van der Waals surface area contributed by atoms with Gasteiger partial charge in [0.1, 0.15) is 5.82 Å². The summed E-state index contributed by atoms with van der Waals surface area (Å²) in [6.45, 7) is 9.63. The molecule has 1 unspecified atom stereocenters. The number of hydrogen-bond acceptors (Lipinski definition) is 4. The van der Waals surface area contributed by atoms with Crippen LogP contribution in [0.15, 0.2) is 30.7 Å². The van der Waals surface area contributed by atoms with Crippen molar-refractivity contribution in [3.05, 3.63) is 41.9 Å². The Morgan fingerprint density at radius 2 is 2.08 bits per heavy atom. The first-order chi connectivity index (χ1) is 12.1.